The van der Waals surface area contributed by atoms with E-state index in [0.717, 1.165) is 19.6 Å². The van der Waals surface area contributed by atoms with Gasteiger partial charge in [0.15, 0.2) is 0 Å². The van der Waals surface area contributed by atoms with Gasteiger partial charge in [-0.2, -0.15) is 0 Å². The standard InChI is InChI=1S/C19H32NO2S.3C4H9.Sn/c1-19(2,3)23(21)20-15-11-6-4-5-7-12-16-22-17-18-13-9-8-10-14-18;3*1-3-4-2;/h8-10,13-15,20H,4-7,11-12,16-17H2,1-3H3;3*1,3-4H2,2H3;/t23-;;;;/m1..../s1. The van der Waals surface area contributed by atoms with E-state index in [4.69, 9.17) is 4.74 Å². The molecule has 0 aliphatic rings. The van der Waals surface area contributed by atoms with Gasteiger partial charge in [0.2, 0.25) is 0 Å². The first-order valence-corrected chi connectivity index (χ1v) is 23.9. The summed E-state index contributed by atoms with van der Waals surface area (Å²) in [4.78, 5) is 0. The van der Waals surface area contributed by atoms with Crippen molar-refractivity contribution in [2.45, 2.75) is 147 Å². The van der Waals surface area contributed by atoms with E-state index in [0.29, 0.717) is 4.06 Å². The number of unbranched alkanes of at least 4 members (excludes halogenated alkanes) is 7. The summed E-state index contributed by atoms with van der Waals surface area (Å²) in [6.45, 7) is 15.0. The van der Waals surface area contributed by atoms with Crippen molar-refractivity contribution in [2.24, 2.45) is 0 Å². The summed E-state index contributed by atoms with van der Waals surface area (Å²) in [6, 6.07) is 10.5. The van der Waals surface area contributed by atoms with Crippen molar-refractivity contribution < 1.29 is 8.95 Å². The Morgan fingerprint density at radius 1 is 0.806 bits per heavy atom. The molecule has 1 N–H and O–H groups in total. The van der Waals surface area contributed by atoms with Gasteiger partial charge in [-0.05, 0) is 0 Å². The van der Waals surface area contributed by atoms with Gasteiger partial charge in [-0.15, -0.1) is 0 Å². The van der Waals surface area contributed by atoms with Gasteiger partial charge in [-0.25, -0.2) is 0 Å². The van der Waals surface area contributed by atoms with E-state index in [2.05, 4.69) is 76.6 Å². The molecule has 0 aliphatic heterocycles. The van der Waals surface area contributed by atoms with Crippen LogP contribution in [0.2, 0.25) is 13.3 Å². The van der Waals surface area contributed by atoms with Crippen LogP contribution < -0.4 is 4.72 Å². The van der Waals surface area contributed by atoms with E-state index >= 15 is 0 Å². The van der Waals surface area contributed by atoms with E-state index in [-0.39, 0.29) is 4.75 Å². The summed E-state index contributed by atoms with van der Waals surface area (Å²) < 4.78 is 27.7. The molecule has 0 amide bonds. The Kier molecular flexibility index (Phi) is 19.0. The fraction of sp³-hybridized carbons (Fsp3) is 0.806. The molecular weight excluding hydrogens is 569 g/mol. The van der Waals surface area contributed by atoms with E-state index in [1.54, 1.807) is 0 Å². The van der Waals surface area contributed by atoms with Crippen molar-refractivity contribution in [2.75, 3.05) is 6.61 Å². The van der Waals surface area contributed by atoms with Crippen LogP contribution in [-0.4, -0.2) is 38.0 Å². The first-order valence-electron chi connectivity index (χ1n) is 15.1. The molecule has 5 heteroatoms. The Balaban J connectivity index is 2.65. The Labute approximate surface area is 231 Å². The van der Waals surface area contributed by atoms with Crippen LogP contribution in [0.3, 0.4) is 0 Å². The van der Waals surface area contributed by atoms with Crippen LogP contribution in [0.5, 0.6) is 0 Å². The fourth-order valence-electron chi connectivity index (χ4n) is 5.13. The van der Waals surface area contributed by atoms with Crippen molar-refractivity contribution in [1.29, 1.82) is 0 Å². The number of benzene rings is 1. The zero-order valence-electron chi connectivity index (χ0n) is 24.7. The normalized spacial score (nSPS) is 14.2. The first kappa shape index (κ1) is 34.1. The molecule has 0 radical (unpaired) electrons. The molecule has 0 aromatic heterocycles. The number of hydrogen-bond donors (Lipinski definition) is 1. The third kappa shape index (κ3) is 14.3. The molecule has 2 atom stereocenters. The molecule has 0 fully saturated rings. The van der Waals surface area contributed by atoms with Crippen LogP contribution in [0.25, 0.3) is 0 Å². The van der Waals surface area contributed by atoms with E-state index < -0.39 is 29.4 Å². The van der Waals surface area contributed by atoms with Gasteiger partial charge in [0.05, 0.1) is 0 Å². The first-order chi connectivity index (χ1) is 17.3. The zero-order valence-corrected chi connectivity index (χ0v) is 28.4. The van der Waals surface area contributed by atoms with Crippen LogP contribution in [0, 0.1) is 0 Å². The van der Waals surface area contributed by atoms with Gasteiger partial charge >= 0.3 is 215 Å². The van der Waals surface area contributed by atoms with Crippen molar-refractivity contribution in [3.8, 4) is 0 Å². The predicted octanol–water partition coefficient (Wildman–Crippen LogP) is 9.35. The Bertz CT molecular complexity index is 655. The van der Waals surface area contributed by atoms with Gasteiger partial charge < -0.3 is 0 Å². The second-order valence-corrected chi connectivity index (χ2v) is 27.9. The summed E-state index contributed by atoms with van der Waals surface area (Å²) in [5.41, 5.74) is 1.26. The van der Waals surface area contributed by atoms with E-state index in [1.165, 1.54) is 89.5 Å². The van der Waals surface area contributed by atoms with Crippen LogP contribution in [-0.2, 0) is 22.3 Å². The molecule has 1 rings (SSSR count). The molecule has 0 saturated carbocycles. The second kappa shape index (κ2) is 20.1. The summed E-state index contributed by atoms with van der Waals surface area (Å²) in [7, 11) is -0.973. The van der Waals surface area contributed by atoms with Crippen LogP contribution in [0.1, 0.15) is 124 Å². The topological polar surface area (TPSA) is 38.3 Å². The fourth-order valence-corrected chi connectivity index (χ4v) is 25.7. The summed E-state index contributed by atoms with van der Waals surface area (Å²) in [5.74, 6) is 0. The molecule has 0 spiro atoms. The molecule has 1 aromatic rings. The Morgan fingerprint density at radius 3 is 1.86 bits per heavy atom. The minimum atomic E-state index is -2.52. The van der Waals surface area contributed by atoms with Gasteiger partial charge in [0.25, 0.3) is 0 Å². The summed E-state index contributed by atoms with van der Waals surface area (Å²) in [6.07, 6.45) is 15.4. The minimum absolute atomic E-state index is 0.199. The average Bonchev–Trinajstić information content (AvgIpc) is 2.86. The molecule has 0 bridgehead atoms. The molecule has 210 valence electrons. The number of nitrogens with one attached hydrogen (secondary N) is 1. The van der Waals surface area contributed by atoms with Crippen LogP contribution in [0.15, 0.2) is 30.3 Å². The molecule has 36 heavy (non-hydrogen) atoms. The number of rotatable bonds is 22. The third-order valence-electron chi connectivity index (χ3n) is 7.52. The quantitative estimate of drug-likeness (QED) is 0.103. The predicted molar refractivity (Wildman–Crippen MR) is 164 cm³/mol. The molecular formula is C31H59NO2SSn. The van der Waals surface area contributed by atoms with Crippen molar-refractivity contribution in [3.63, 3.8) is 0 Å². The van der Waals surface area contributed by atoms with Gasteiger partial charge in [0, 0.05) is 0 Å². The Morgan fingerprint density at radius 2 is 1.33 bits per heavy atom. The van der Waals surface area contributed by atoms with Crippen LogP contribution in [0.4, 0.5) is 0 Å². The van der Waals surface area contributed by atoms with Crippen molar-refractivity contribution >= 4 is 29.4 Å². The zero-order chi connectivity index (χ0) is 26.7. The van der Waals surface area contributed by atoms with E-state index in [9.17, 15) is 4.21 Å². The van der Waals surface area contributed by atoms with Crippen LogP contribution >= 0.6 is 0 Å². The summed E-state index contributed by atoms with van der Waals surface area (Å²) >= 11 is -2.52. The van der Waals surface area contributed by atoms with E-state index in [1.807, 2.05) is 0 Å². The molecule has 0 saturated heterocycles. The van der Waals surface area contributed by atoms with Crippen molar-refractivity contribution in [3.05, 3.63) is 35.9 Å². The monoisotopic (exact) mass is 629 g/mol. The molecule has 0 aliphatic carbocycles. The molecule has 3 nitrogen and oxygen atoms in total. The second-order valence-electron chi connectivity index (χ2n) is 11.8. The number of hydrogen-bond acceptors (Lipinski definition) is 2. The molecule has 1 aromatic carbocycles. The van der Waals surface area contributed by atoms with Gasteiger partial charge in [-0.3, -0.25) is 0 Å². The SMILES string of the molecule is CCC[CH2][Sn]([CH2]CCC)([CH2]CCC)[C@@H](CCCCCCCOCc1ccccc1)N[S@](=O)C(C)(C)C. The average molecular weight is 629 g/mol. The third-order valence-corrected chi connectivity index (χ3v) is 26.7. The maximum absolute atomic E-state index is 13.3. The van der Waals surface area contributed by atoms with Crippen molar-refractivity contribution in [1.82, 2.24) is 4.72 Å². The molecule has 0 heterocycles. The number of ether oxygens (including phenoxy) is 1. The van der Waals surface area contributed by atoms with Gasteiger partial charge in [-0.1, -0.05) is 18.2 Å². The maximum atomic E-state index is 13.3. The van der Waals surface area contributed by atoms with Gasteiger partial charge in [0.1, 0.15) is 0 Å². The summed E-state index contributed by atoms with van der Waals surface area (Å²) in [5, 5.41) is 0. The Hall–Kier alpha value is 0.0887. The molecule has 0 unspecified atom stereocenters.